The molecule has 0 unspecified atom stereocenters. The minimum absolute atomic E-state index is 0.0110. The number of carbonyl (C=O) groups excluding carboxylic acids is 2. The lowest BCUT2D eigenvalue weighted by molar-refractivity contribution is -0.144. The summed E-state index contributed by atoms with van der Waals surface area (Å²) in [7, 11) is 0. The number of hydrogen-bond acceptors (Lipinski definition) is 5. The Morgan fingerprint density at radius 1 is 0.788 bits per heavy atom. The summed E-state index contributed by atoms with van der Waals surface area (Å²) < 4.78 is 17.1. The van der Waals surface area contributed by atoms with Gasteiger partial charge in [0.25, 0.3) is 0 Å². The normalized spacial score (nSPS) is 13.8. The first kappa shape index (κ1) is 26.7. The largest absolute Gasteiger partial charge is 0.466 e. The van der Waals surface area contributed by atoms with Gasteiger partial charge in [-0.1, -0.05) is 74.5 Å². The zero-order chi connectivity index (χ0) is 23.9. The van der Waals surface area contributed by atoms with Crippen molar-refractivity contribution in [2.24, 2.45) is 11.8 Å². The molecule has 0 spiro atoms. The van der Waals surface area contributed by atoms with Crippen molar-refractivity contribution in [1.82, 2.24) is 0 Å². The van der Waals surface area contributed by atoms with E-state index in [0.29, 0.717) is 39.3 Å². The van der Waals surface area contributed by atoms with E-state index in [1.165, 1.54) is 0 Å². The summed E-state index contributed by atoms with van der Waals surface area (Å²) in [6.07, 6.45) is 1.78. The third-order valence-electron chi connectivity index (χ3n) is 5.38. The molecule has 33 heavy (non-hydrogen) atoms. The van der Waals surface area contributed by atoms with Gasteiger partial charge in [0, 0.05) is 19.3 Å². The highest BCUT2D eigenvalue weighted by atomic mass is 16.5. The summed E-state index contributed by atoms with van der Waals surface area (Å²) in [5.41, 5.74) is 2.24. The Morgan fingerprint density at radius 3 is 1.97 bits per heavy atom. The Kier molecular flexibility index (Phi) is 12.4. The van der Waals surface area contributed by atoms with Crippen molar-refractivity contribution >= 4 is 11.8 Å². The van der Waals surface area contributed by atoms with Crippen molar-refractivity contribution in [2.75, 3.05) is 13.2 Å². The van der Waals surface area contributed by atoms with E-state index in [9.17, 15) is 9.59 Å². The Hall–Kier alpha value is -2.50. The van der Waals surface area contributed by atoms with Gasteiger partial charge in [-0.3, -0.25) is 9.59 Å². The van der Waals surface area contributed by atoms with Crippen molar-refractivity contribution < 1.29 is 23.8 Å². The predicted molar refractivity (Wildman–Crippen MR) is 130 cm³/mol. The molecular weight excluding hydrogens is 416 g/mol. The van der Waals surface area contributed by atoms with E-state index in [1.54, 1.807) is 6.92 Å². The minimum atomic E-state index is -0.240. The van der Waals surface area contributed by atoms with Crippen LogP contribution in [0.2, 0.25) is 0 Å². The standard InChI is InChI=1S/C28H38O5/c1-4-32-28(30)18-23(3)16-26(29)15-22(2)17-27(33-20-25-13-9-6-10-14-25)21-31-19-24-11-7-5-8-12-24/h5-14,22-23,27H,4,15-21H2,1-3H3/t22-,23+,27-/m0/s1. The molecule has 0 aliphatic carbocycles. The van der Waals surface area contributed by atoms with E-state index in [-0.39, 0.29) is 36.1 Å². The molecule has 180 valence electrons. The van der Waals surface area contributed by atoms with Crippen molar-refractivity contribution in [3.8, 4) is 0 Å². The molecule has 0 saturated heterocycles. The minimum Gasteiger partial charge on any atom is -0.466 e. The van der Waals surface area contributed by atoms with Gasteiger partial charge in [0.1, 0.15) is 5.78 Å². The summed E-state index contributed by atoms with van der Waals surface area (Å²) in [5, 5.41) is 0. The second-order valence-electron chi connectivity index (χ2n) is 8.82. The zero-order valence-electron chi connectivity index (χ0n) is 20.2. The van der Waals surface area contributed by atoms with Gasteiger partial charge in [-0.05, 0) is 36.3 Å². The van der Waals surface area contributed by atoms with Gasteiger partial charge < -0.3 is 14.2 Å². The van der Waals surface area contributed by atoms with E-state index in [2.05, 4.69) is 6.92 Å². The summed E-state index contributed by atoms with van der Waals surface area (Å²) >= 11 is 0. The molecule has 5 nitrogen and oxygen atoms in total. The van der Waals surface area contributed by atoms with Crippen LogP contribution in [0.4, 0.5) is 0 Å². The van der Waals surface area contributed by atoms with Crippen LogP contribution in [0.5, 0.6) is 0 Å². The number of esters is 1. The summed E-state index contributed by atoms with van der Waals surface area (Å²) in [4.78, 5) is 24.2. The van der Waals surface area contributed by atoms with Crippen LogP contribution in [-0.4, -0.2) is 31.1 Å². The number of Topliss-reactive ketones (excluding diaryl/α,β-unsaturated/α-hetero) is 1. The van der Waals surface area contributed by atoms with E-state index >= 15 is 0 Å². The number of carbonyl (C=O) groups is 2. The van der Waals surface area contributed by atoms with Gasteiger partial charge in [0.15, 0.2) is 0 Å². The average Bonchev–Trinajstić information content (AvgIpc) is 2.78. The van der Waals surface area contributed by atoms with Crippen molar-refractivity contribution in [1.29, 1.82) is 0 Å². The quantitative estimate of drug-likeness (QED) is 0.302. The summed E-state index contributed by atoms with van der Waals surface area (Å²) in [6.45, 7) is 7.66. The van der Waals surface area contributed by atoms with Gasteiger partial charge >= 0.3 is 5.97 Å². The Bertz CT molecular complexity index is 806. The molecule has 0 aliphatic rings. The smallest absolute Gasteiger partial charge is 0.306 e. The highest BCUT2D eigenvalue weighted by Gasteiger charge is 2.20. The fourth-order valence-electron chi connectivity index (χ4n) is 3.82. The summed E-state index contributed by atoms with van der Waals surface area (Å²) in [5.74, 6) is 0.0820. The summed E-state index contributed by atoms with van der Waals surface area (Å²) in [6, 6.07) is 20.1. The van der Waals surface area contributed by atoms with Crippen LogP contribution in [0.1, 0.15) is 57.6 Å². The molecule has 0 aliphatic heterocycles. The average molecular weight is 455 g/mol. The van der Waals surface area contributed by atoms with E-state index in [1.807, 2.05) is 67.6 Å². The maximum Gasteiger partial charge on any atom is 0.306 e. The Labute approximate surface area is 198 Å². The van der Waals surface area contributed by atoms with Gasteiger partial charge in [0.05, 0.1) is 32.5 Å². The fraction of sp³-hybridized carbons (Fsp3) is 0.500. The SMILES string of the molecule is CCOC(=O)C[C@H](C)CC(=O)C[C@H](C)C[C@@H](COCc1ccccc1)OCc1ccccc1. The highest BCUT2D eigenvalue weighted by molar-refractivity contribution is 5.79. The van der Waals surface area contributed by atoms with Crippen molar-refractivity contribution in [3.63, 3.8) is 0 Å². The lowest BCUT2D eigenvalue weighted by atomic mass is 9.92. The van der Waals surface area contributed by atoms with Crippen LogP contribution in [0, 0.1) is 11.8 Å². The van der Waals surface area contributed by atoms with Crippen LogP contribution in [0.25, 0.3) is 0 Å². The van der Waals surface area contributed by atoms with Crippen molar-refractivity contribution in [2.45, 2.75) is 65.8 Å². The van der Waals surface area contributed by atoms with E-state index < -0.39 is 0 Å². The molecule has 2 aromatic carbocycles. The van der Waals surface area contributed by atoms with Gasteiger partial charge in [-0.25, -0.2) is 0 Å². The van der Waals surface area contributed by atoms with Crippen LogP contribution in [-0.2, 0) is 37.0 Å². The number of benzene rings is 2. The first-order valence-corrected chi connectivity index (χ1v) is 11.9. The van der Waals surface area contributed by atoms with Crippen LogP contribution in [0.15, 0.2) is 60.7 Å². The molecule has 0 radical (unpaired) electrons. The van der Waals surface area contributed by atoms with Crippen LogP contribution >= 0.6 is 0 Å². The second-order valence-corrected chi connectivity index (χ2v) is 8.82. The van der Waals surface area contributed by atoms with E-state index in [4.69, 9.17) is 14.2 Å². The third-order valence-corrected chi connectivity index (χ3v) is 5.38. The lowest BCUT2D eigenvalue weighted by Gasteiger charge is -2.22. The Morgan fingerprint density at radius 2 is 1.36 bits per heavy atom. The van der Waals surface area contributed by atoms with Crippen molar-refractivity contribution in [3.05, 3.63) is 71.8 Å². The second kappa shape index (κ2) is 15.4. The third kappa shape index (κ3) is 11.8. The molecule has 0 N–H and O–H groups in total. The fourth-order valence-corrected chi connectivity index (χ4v) is 3.82. The molecule has 5 heteroatoms. The topological polar surface area (TPSA) is 61.8 Å². The molecule has 2 rings (SSSR count). The zero-order valence-corrected chi connectivity index (χ0v) is 20.2. The predicted octanol–water partition coefficient (Wildman–Crippen LogP) is 5.75. The first-order valence-electron chi connectivity index (χ1n) is 11.9. The van der Waals surface area contributed by atoms with Gasteiger partial charge in [0.2, 0.25) is 0 Å². The van der Waals surface area contributed by atoms with Gasteiger partial charge in [-0.15, -0.1) is 0 Å². The molecule has 0 amide bonds. The highest BCUT2D eigenvalue weighted by Crippen LogP contribution is 2.19. The number of ether oxygens (including phenoxy) is 3. The Balaban J connectivity index is 1.83. The molecule has 2 aromatic rings. The molecule has 0 aromatic heterocycles. The molecule has 0 saturated carbocycles. The lowest BCUT2D eigenvalue weighted by Crippen LogP contribution is -2.24. The number of hydrogen-bond donors (Lipinski definition) is 0. The molecule has 0 fully saturated rings. The molecule has 0 bridgehead atoms. The van der Waals surface area contributed by atoms with Crippen LogP contribution in [0.3, 0.4) is 0 Å². The molecule has 0 heterocycles. The maximum atomic E-state index is 12.5. The number of rotatable bonds is 16. The molecular formula is C28H38O5. The van der Waals surface area contributed by atoms with E-state index in [0.717, 1.165) is 17.5 Å². The van der Waals surface area contributed by atoms with Gasteiger partial charge in [-0.2, -0.15) is 0 Å². The number of ketones is 1. The molecule has 3 atom stereocenters. The van der Waals surface area contributed by atoms with Crippen LogP contribution < -0.4 is 0 Å². The monoisotopic (exact) mass is 454 g/mol. The first-order chi connectivity index (χ1) is 16.0. The maximum absolute atomic E-state index is 12.5.